The van der Waals surface area contributed by atoms with Crippen LogP contribution in [0.3, 0.4) is 0 Å². The molecule has 0 spiro atoms. The third kappa shape index (κ3) is 3.97. The molecule has 6 heteroatoms. The third-order valence-electron chi connectivity index (χ3n) is 2.14. The number of rotatable bonds is 6. The van der Waals surface area contributed by atoms with E-state index in [2.05, 4.69) is 5.32 Å². The van der Waals surface area contributed by atoms with Gasteiger partial charge in [-0.15, -0.1) is 0 Å². The fourth-order valence-electron chi connectivity index (χ4n) is 1.31. The lowest BCUT2D eigenvalue weighted by molar-refractivity contribution is -0.119. The maximum absolute atomic E-state index is 10.8. The van der Waals surface area contributed by atoms with Crippen molar-refractivity contribution in [2.75, 3.05) is 20.3 Å². The summed E-state index contributed by atoms with van der Waals surface area (Å²) in [5.41, 5.74) is 0.116. The van der Waals surface area contributed by atoms with E-state index in [1.54, 1.807) is 0 Å². The van der Waals surface area contributed by atoms with Crippen molar-refractivity contribution in [1.29, 1.82) is 0 Å². The maximum atomic E-state index is 10.8. The second kappa shape index (κ2) is 6.48. The summed E-state index contributed by atoms with van der Waals surface area (Å²) in [7, 11) is 1.47. The normalized spacial score (nSPS) is 9.67. The molecule has 0 aromatic heterocycles. The molecule has 1 rings (SSSR count). The second-order valence-electron chi connectivity index (χ2n) is 3.50. The zero-order chi connectivity index (χ0) is 13.5. The Morgan fingerprint density at radius 1 is 1.33 bits per heavy atom. The molecule has 2 N–H and O–H groups in total. The number of carbonyl (C=O) groups excluding carboxylic acids is 1. The molecule has 0 aliphatic rings. The van der Waals surface area contributed by atoms with Gasteiger partial charge < -0.3 is 19.9 Å². The molecule has 0 aliphatic carbocycles. The van der Waals surface area contributed by atoms with Gasteiger partial charge in [0.05, 0.1) is 19.2 Å². The first-order chi connectivity index (χ1) is 8.54. The first-order valence-electron chi connectivity index (χ1n) is 5.33. The van der Waals surface area contributed by atoms with Crippen molar-refractivity contribution >= 4 is 11.9 Å². The average Bonchev–Trinajstić information content (AvgIpc) is 2.34. The van der Waals surface area contributed by atoms with Crippen molar-refractivity contribution < 1.29 is 24.2 Å². The highest BCUT2D eigenvalue weighted by molar-refractivity contribution is 5.88. The molecule has 6 nitrogen and oxygen atoms in total. The van der Waals surface area contributed by atoms with Crippen molar-refractivity contribution in [3.63, 3.8) is 0 Å². The molecule has 0 unspecified atom stereocenters. The number of amides is 1. The molecule has 0 atom stereocenters. The summed E-state index contributed by atoms with van der Waals surface area (Å²) in [6.45, 7) is 1.99. The molecule has 98 valence electrons. The lowest BCUT2D eigenvalue weighted by Crippen LogP contribution is -2.25. The second-order valence-corrected chi connectivity index (χ2v) is 3.50. The zero-order valence-corrected chi connectivity index (χ0v) is 10.2. The largest absolute Gasteiger partial charge is 0.493 e. The summed E-state index contributed by atoms with van der Waals surface area (Å²) in [4.78, 5) is 21.5. The Hall–Kier alpha value is -2.24. The van der Waals surface area contributed by atoms with E-state index >= 15 is 0 Å². The van der Waals surface area contributed by atoms with Crippen LogP contribution in [0.2, 0.25) is 0 Å². The number of nitrogens with one attached hydrogen (secondary N) is 1. The Morgan fingerprint density at radius 3 is 2.61 bits per heavy atom. The minimum Gasteiger partial charge on any atom is -0.493 e. The Kier molecular flexibility index (Phi) is 4.98. The summed E-state index contributed by atoms with van der Waals surface area (Å²) in [5.74, 6) is -0.403. The van der Waals surface area contributed by atoms with E-state index in [9.17, 15) is 9.59 Å². The molecule has 0 heterocycles. The van der Waals surface area contributed by atoms with E-state index in [0.717, 1.165) is 0 Å². The molecule has 0 aliphatic heterocycles. The quantitative estimate of drug-likeness (QED) is 0.736. The summed E-state index contributed by atoms with van der Waals surface area (Å²) >= 11 is 0. The smallest absolute Gasteiger partial charge is 0.335 e. The van der Waals surface area contributed by atoms with Gasteiger partial charge in [-0.25, -0.2) is 4.79 Å². The predicted octanol–water partition coefficient (Wildman–Crippen LogP) is 0.908. The number of ether oxygens (including phenoxy) is 2. The minimum atomic E-state index is -1.04. The third-order valence-corrected chi connectivity index (χ3v) is 2.14. The van der Waals surface area contributed by atoms with E-state index < -0.39 is 5.97 Å². The molecule has 0 fully saturated rings. The minimum absolute atomic E-state index is 0.116. The molecule has 0 saturated carbocycles. The van der Waals surface area contributed by atoms with Gasteiger partial charge in [-0.3, -0.25) is 4.79 Å². The van der Waals surface area contributed by atoms with Gasteiger partial charge in [0.15, 0.2) is 11.5 Å². The summed E-state index contributed by atoms with van der Waals surface area (Å²) in [6, 6.07) is 4.34. The van der Waals surface area contributed by atoms with Gasteiger partial charge in [-0.1, -0.05) is 0 Å². The average molecular weight is 253 g/mol. The number of carboxylic acids is 1. The van der Waals surface area contributed by atoms with Crippen molar-refractivity contribution in [2.45, 2.75) is 6.92 Å². The van der Waals surface area contributed by atoms with Gasteiger partial charge in [0.1, 0.15) is 6.61 Å². The highest BCUT2D eigenvalue weighted by Gasteiger charge is 2.09. The van der Waals surface area contributed by atoms with E-state index in [4.69, 9.17) is 14.6 Å². The van der Waals surface area contributed by atoms with Crippen LogP contribution >= 0.6 is 0 Å². The first kappa shape index (κ1) is 13.8. The van der Waals surface area contributed by atoms with Crippen LogP contribution in [-0.4, -0.2) is 37.2 Å². The number of carbonyl (C=O) groups is 2. The van der Waals surface area contributed by atoms with E-state index in [1.807, 2.05) is 0 Å². The van der Waals surface area contributed by atoms with E-state index in [-0.39, 0.29) is 18.1 Å². The van der Waals surface area contributed by atoms with Crippen LogP contribution in [0.1, 0.15) is 17.3 Å². The maximum Gasteiger partial charge on any atom is 0.335 e. The number of aromatic carboxylic acids is 1. The fraction of sp³-hybridized carbons (Fsp3) is 0.333. The zero-order valence-electron chi connectivity index (χ0n) is 10.2. The van der Waals surface area contributed by atoms with Crippen molar-refractivity contribution in [1.82, 2.24) is 5.32 Å². The number of hydrogen-bond acceptors (Lipinski definition) is 4. The topological polar surface area (TPSA) is 84.9 Å². The molecular weight excluding hydrogens is 238 g/mol. The van der Waals surface area contributed by atoms with Gasteiger partial charge >= 0.3 is 5.97 Å². The van der Waals surface area contributed by atoms with E-state index in [0.29, 0.717) is 18.0 Å². The van der Waals surface area contributed by atoms with E-state index in [1.165, 1.54) is 32.2 Å². The highest BCUT2D eigenvalue weighted by Crippen LogP contribution is 2.27. The molecule has 18 heavy (non-hydrogen) atoms. The van der Waals surface area contributed by atoms with Gasteiger partial charge in [-0.05, 0) is 18.2 Å². The van der Waals surface area contributed by atoms with Gasteiger partial charge in [0, 0.05) is 6.92 Å². The lowest BCUT2D eigenvalue weighted by Gasteiger charge is -2.11. The fourth-order valence-corrected chi connectivity index (χ4v) is 1.31. The Balaban J connectivity index is 2.69. The monoisotopic (exact) mass is 253 g/mol. The molecular formula is C12H15NO5. The molecule has 0 bridgehead atoms. The van der Waals surface area contributed by atoms with Crippen LogP contribution in [0, 0.1) is 0 Å². The van der Waals surface area contributed by atoms with Crippen LogP contribution in [0.4, 0.5) is 0 Å². The number of benzene rings is 1. The van der Waals surface area contributed by atoms with Gasteiger partial charge in [-0.2, -0.15) is 0 Å². The van der Waals surface area contributed by atoms with Crippen LogP contribution in [-0.2, 0) is 4.79 Å². The first-order valence-corrected chi connectivity index (χ1v) is 5.33. The van der Waals surface area contributed by atoms with Gasteiger partial charge in [0.2, 0.25) is 5.91 Å². The molecule has 1 aromatic rings. The predicted molar refractivity (Wildman–Crippen MR) is 64.1 cm³/mol. The summed E-state index contributed by atoms with van der Waals surface area (Å²) in [5, 5.41) is 11.4. The van der Waals surface area contributed by atoms with Crippen LogP contribution in [0.25, 0.3) is 0 Å². The Bertz CT molecular complexity index is 444. The van der Waals surface area contributed by atoms with Crippen molar-refractivity contribution in [2.24, 2.45) is 0 Å². The standard InChI is InChI=1S/C12H15NO5/c1-8(14)13-5-6-18-11-7-9(12(15)16)3-4-10(11)17-2/h3-4,7H,5-6H2,1-2H3,(H,13,14)(H,15,16). The van der Waals surface area contributed by atoms with Crippen molar-refractivity contribution in [3.8, 4) is 11.5 Å². The van der Waals surface area contributed by atoms with Crippen molar-refractivity contribution in [3.05, 3.63) is 23.8 Å². The Morgan fingerprint density at radius 2 is 2.06 bits per heavy atom. The molecule has 1 aromatic carbocycles. The Labute approximate surface area is 105 Å². The SMILES string of the molecule is COc1ccc(C(=O)O)cc1OCCNC(C)=O. The highest BCUT2D eigenvalue weighted by atomic mass is 16.5. The number of methoxy groups -OCH3 is 1. The van der Waals surface area contributed by atoms with Crippen LogP contribution < -0.4 is 14.8 Å². The van der Waals surface area contributed by atoms with Crippen LogP contribution in [0.15, 0.2) is 18.2 Å². The molecule has 0 saturated heterocycles. The van der Waals surface area contributed by atoms with Crippen LogP contribution in [0.5, 0.6) is 11.5 Å². The summed E-state index contributed by atoms with van der Waals surface area (Å²) in [6.07, 6.45) is 0. The number of hydrogen-bond donors (Lipinski definition) is 2. The van der Waals surface area contributed by atoms with Gasteiger partial charge in [0.25, 0.3) is 0 Å². The number of carboxylic acid groups (broad SMARTS) is 1. The summed E-state index contributed by atoms with van der Waals surface area (Å²) < 4.78 is 10.4. The molecule has 1 amide bonds. The molecule has 0 radical (unpaired) electrons. The lowest BCUT2D eigenvalue weighted by atomic mass is 10.2.